The third-order valence-corrected chi connectivity index (χ3v) is 3.67. The van der Waals surface area contributed by atoms with Gasteiger partial charge in [-0.3, -0.25) is 9.59 Å². The highest BCUT2D eigenvalue weighted by atomic mass is 35.5. The lowest BCUT2D eigenvalue weighted by molar-refractivity contribution is -0.141. The molecule has 0 aromatic heterocycles. The van der Waals surface area contributed by atoms with E-state index < -0.39 is 5.41 Å². The monoisotopic (exact) mass is 294 g/mol. The molecule has 108 valence electrons. The van der Waals surface area contributed by atoms with Gasteiger partial charge in [0, 0.05) is 17.6 Å². The number of carbonyl (C=O) groups is 2. The summed E-state index contributed by atoms with van der Waals surface area (Å²) in [6.07, 6.45) is 2.02. The van der Waals surface area contributed by atoms with E-state index in [9.17, 15) is 9.59 Å². The van der Waals surface area contributed by atoms with Crippen LogP contribution >= 0.6 is 11.6 Å². The van der Waals surface area contributed by atoms with Gasteiger partial charge in [-0.05, 0) is 44.4 Å². The van der Waals surface area contributed by atoms with Crippen LogP contribution in [0.15, 0.2) is 24.3 Å². The van der Waals surface area contributed by atoms with Crippen LogP contribution in [0, 0.1) is 5.41 Å². The molecular weight excluding hydrogens is 276 g/mol. The summed E-state index contributed by atoms with van der Waals surface area (Å²) in [7, 11) is 0. The Morgan fingerprint density at radius 1 is 1.20 bits per heavy atom. The molecule has 1 aliphatic carbocycles. The van der Waals surface area contributed by atoms with Crippen LogP contribution in [0.1, 0.15) is 32.3 Å². The van der Waals surface area contributed by atoms with Crippen molar-refractivity contribution in [2.45, 2.75) is 39.3 Å². The molecule has 0 unspecified atom stereocenters. The van der Waals surface area contributed by atoms with Crippen molar-refractivity contribution in [2.75, 3.05) is 0 Å². The molecule has 4 nitrogen and oxygen atoms in total. The highest BCUT2D eigenvalue weighted by molar-refractivity contribution is 6.30. The van der Waals surface area contributed by atoms with E-state index in [2.05, 4.69) is 10.6 Å². The molecule has 0 radical (unpaired) electrons. The number of nitrogens with one attached hydrogen (secondary N) is 2. The van der Waals surface area contributed by atoms with Crippen molar-refractivity contribution in [3.8, 4) is 0 Å². The maximum Gasteiger partial charge on any atom is 0.235 e. The van der Waals surface area contributed by atoms with Crippen LogP contribution in [0.5, 0.6) is 0 Å². The Kier molecular flexibility index (Phi) is 4.33. The van der Waals surface area contributed by atoms with E-state index in [0.717, 1.165) is 18.4 Å². The molecule has 2 N–H and O–H groups in total. The quantitative estimate of drug-likeness (QED) is 0.819. The minimum Gasteiger partial charge on any atom is -0.352 e. The summed E-state index contributed by atoms with van der Waals surface area (Å²) in [5, 5.41) is 6.31. The van der Waals surface area contributed by atoms with Crippen molar-refractivity contribution in [3.63, 3.8) is 0 Å². The van der Waals surface area contributed by atoms with Crippen molar-refractivity contribution >= 4 is 23.4 Å². The van der Waals surface area contributed by atoms with Crippen LogP contribution in [-0.2, 0) is 16.1 Å². The van der Waals surface area contributed by atoms with Crippen LogP contribution in [-0.4, -0.2) is 17.9 Å². The predicted octanol–water partition coefficient (Wildman–Crippen LogP) is 2.26. The predicted molar refractivity (Wildman–Crippen MR) is 78.2 cm³/mol. The number of hydrogen-bond acceptors (Lipinski definition) is 2. The number of amides is 2. The van der Waals surface area contributed by atoms with Crippen LogP contribution in [0.4, 0.5) is 0 Å². The number of carbonyl (C=O) groups excluding carboxylic acids is 2. The summed E-state index contributed by atoms with van der Waals surface area (Å²) in [4.78, 5) is 24.2. The van der Waals surface area contributed by atoms with Gasteiger partial charge in [0.05, 0.1) is 0 Å². The van der Waals surface area contributed by atoms with Crippen LogP contribution in [0.3, 0.4) is 0 Å². The lowest BCUT2D eigenvalue weighted by Gasteiger charge is -2.22. The summed E-state index contributed by atoms with van der Waals surface area (Å²) in [5.41, 5.74) is -0.115. The van der Waals surface area contributed by atoms with Crippen molar-refractivity contribution in [1.82, 2.24) is 10.6 Å². The van der Waals surface area contributed by atoms with Crippen molar-refractivity contribution in [1.29, 1.82) is 0 Å². The highest BCUT2D eigenvalue weighted by Gasteiger charge is 2.38. The van der Waals surface area contributed by atoms with Gasteiger partial charge in [0.1, 0.15) is 5.41 Å². The second-order valence-corrected chi connectivity index (χ2v) is 6.12. The smallest absolute Gasteiger partial charge is 0.235 e. The van der Waals surface area contributed by atoms with Crippen LogP contribution < -0.4 is 10.6 Å². The zero-order valence-corrected chi connectivity index (χ0v) is 12.5. The third-order valence-electron chi connectivity index (χ3n) is 3.41. The largest absolute Gasteiger partial charge is 0.352 e. The summed E-state index contributed by atoms with van der Waals surface area (Å²) in [6.45, 7) is 3.67. The molecule has 5 heteroatoms. The topological polar surface area (TPSA) is 58.2 Å². The van der Waals surface area contributed by atoms with Gasteiger partial charge in [0.25, 0.3) is 0 Å². The van der Waals surface area contributed by atoms with Gasteiger partial charge in [-0.15, -0.1) is 0 Å². The second-order valence-electron chi connectivity index (χ2n) is 5.68. The lowest BCUT2D eigenvalue weighted by Crippen LogP contribution is -2.48. The molecule has 1 fully saturated rings. The van der Waals surface area contributed by atoms with E-state index in [0.29, 0.717) is 11.6 Å². The average molecular weight is 295 g/mol. The second kappa shape index (κ2) is 5.83. The van der Waals surface area contributed by atoms with Gasteiger partial charge in [0.15, 0.2) is 0 Å². The maximum atomic E-state index is 12.2. The molecular formula is C15H19ClN2O2. The van der Waals surface area contributed by atoms with E-state index in [-0.39, 0.29) is 17.9 Å². The fraction of sp³-hybridized carbons (Fsp3) is 0.467. The van der Waals surface area contributed by atoms with Crippen molar-refractivity contribution in [2.24, 2.45) is 5.41 Å². The molecule has 0 bridgehead atoms. The molecule has 1 saturated carbocycles. The fourth-order valence-corrected chi connectivity index (χ4v) is 1.83. The summed E-state index contributed by atoms with van der Waals surface area (Å²) >= 11 is 5.80. The Balaban J connectivity index is 1.89. The van der Waals surface area contributed by atoms with E-state index in [4.69, 9.17) is 11.6 Å². The number of benzene rings is 1. The minimum atomic E-state index is -1.06. The first-order valence-corrected chi connectivity index (χ1v) is 7.11. The maximum absolute atomic E-state index is 12.2. The first-order chi connectivity index (χ1) is 9.39. The average Bonchev–Trinajstić information content (AvgIpc) is 3.21. The van der Waals surface area contributed by atoms with E-state index in [1.165, 1.54) is 0 Å². The molecule has 20 heavy (non-hydrogen) atoms. The summed E-state index contributed by atoms with van der Waals surface area (Å²) in [6, 6.07) is 7.49. The molecule has 2 rings (SSSR count). The van der Waals surface area contributed by atoms with Gasteiger partial charge in [-0.1, -0.05) is 23.7 Å². The summed E-state index contributed by atoms with van der Waals surface area (Å²) in [5.74, 6) is -0.487. The lowest BCUT2D eigenvalue weighted by atomic mass is 9.91. The van der Waals surface area contributed by atoms with E-state index in [1.807, 2.05) is 12.1 Å². The molecule has 1 aliphatic rings. The Hall–Kier alpha value is -1.55. The van der Waals surface area contributed by atoms with Crippen molar-refractivity contribution in [3.05, 3.63) is 34.9 Å². The Labute approximate surface area is 123 Å². The molecule has 1 aromatic carbocycles. The first-order valence-electron chi connectivity index (χ1n) is 6.73. The minimum absolute atomic E-state index is 0.214. The van der Waals surface area contributed by atoms with E-state index in [1.54, 1.807) is 26.0 Å². The van der Waals surface area contributed by atoms with Gasteiger partial charge >= 0.3 is 0 Å². The van der Waals surface area contributed by atoms with Gasteiger partial charge in [0.2, 0.25) is 11.8 Å². The number of halogens is 1. The van der Waals surface area contributed by atoms with Gasteiger partial charge in [-0.2, -0.15) is 0 Å². The van der Waals surface area contributed by atoms with Gasteiger partial charge < -0.3 is 10.6 Å². The normalized spacial score (nSPS) is 14.8. The molecule has 2 amide bonds. The summed E-state index contributed by atoms with van der Waals surface area (Å²) < 4.78 is 0. The zero-order valence-electron chi connectivity index (χ0n) is 11.7. The SMILES string of the molecule is CC(C)(C(=O)NCc1ccc(Cl)cc1)C(=O)NC1CC1. The molecule has 0 spiro atoms. The van der Waals surface area contributed by atoms with Crippen LogP contribution in [0.2, 0.25) is 5.02 Å². The zero-order chi connectivity index (χ0) is 14.8. The third kappa shape index (κ3) is 3.73. The molecule has 0 atom stereocenters. The fourth-order valence-electron chi connectivity index (χ4n) is 1.70. The molecule has 0 aliphatic heterocycles. The standard InChI is InChI=1S/C15H19ClN2O2/c1-15(2,14(20)18-12-7-8-12)13(19)17-9-10-3-5-11(16)6-4-10/h3-6,12H,7-9H2,1-2H3,(H,17,19)(H,18,20). The number of rotatable bonds is 5. The Morgan fingerprint density at radius 2 is 1.80 bits per heavy atom. The van der Waals surface area contributed by atoms with E-state index >= 15 is 0 Å². The Bertz CT molecular complexity index is 507. The van der Waals surface area contributed by atoms with Crippen molar-refractivity contribution < 1.29 is 9.59 Å². The van der Waals surface area contributed by atoms with Crippen LogP contribution in [0.25, 0.3) is 0 Å². The molecule has 0 heterocycles. The first kappa shape index (κ1) is 14.9. The highest BCUT2D eigenvalue weighted by Crippen LogP contribution is 2.23. The van der Waals surface area contributed by atoms with Gasteiger partial charge in [-0.25, -0.2) is 0 Å². The molecule has 0 saturated heterocycles. The molecule has 1 aromatic rings. The number of hydrogen-bond donors (Lipinski definition) is 2. The Morgan fingerprint density at radius 3 is 2.35 bits per heavy atom.